The van der Waals surface area contributed by atoms with Crippen molar-refractivity contribution in [2.24, 2.45) is 10.8 Å². The molecule has 0 aromatic carbocycles. The molecule has 5 N–H and O–H groups in total. The van der Waals surface area contributed by atoms with E-state index < -0.39 is 47.1 Å². The van der Waals surface area contributed by atoms with Crippen molar-refractivity contribution in [3.05, 3.63) is 0 Å². The lowest BCUT2D eigenvalue weighted by molar-refractivity contribution is -0.203. The maximum Gasteiger partial charge on any atom is 0.334 e. The summed E-state index contributed by atoms with van der Waals surface area (Å²) in [6.45, 7) is 2.05. The molecule has 10 heteroatoms. The summed E-state index contributed by atoms with van der Waals surface area (Å²) in [4.78, 5) is 57.9. The summed E-state index contributed by atoms with van der Waals surface area (Å²) < 4.78 is 0. The summed E-state index contributed by atoms with van der Waals surface area (Å²) in [5.74, 6) is -12.3. The Labute approximate surface area is 155 Å². The predicted octanol–water partition coefficient (Wildman–Crippen LogP) is 1.91. The third-order valence-corrected chi connectivity index (χ3v) is 4.74. The van der Waals surface area contributed by atoms with E-state index in [2.05, 4.69) is 6.92 Å². The van der Waals surface area contributed by atoms with Crippen LogP contribution in [0.25, 0.3) is 0 Å². The molecule has 0 heterocycles. The molecule has 0 bridgehead atoms. The number of carboxylic acid groups (broad SMARTS) is 5. The molecule has 10 nitrogen and oxygen atoms in total. The summed E-state index contributed by atoms with van der Waals surface area (Å²) >= 11 is 0. The first kappa shape index (κ1) is 24.4. The fourth-order valence-electron chi connectivity index (χ4n) is 3.16. The van der Waals surface area contributed by atoms with Gasteiger partial charge in [-0.3, -0.25) is 24.0 Å². The first-order valence-electron chi connectivity index (χ1n) is 8.70. The van der Waals surface area contributed by atoms with Crippen molar-refractivity contribution in [2.45, 2.75) is 64.7 Å². The second kappa shape index (κ2) is 10.5. The van der Waals surface area contributed by atoms with Gasteiger partial charge >= 0.3 is 29.8 Å². The molecular formula is C17H26O10. The molecule has 0 aliphatic carbocycles. The van der Waals surface area contributed by atoms with Crippen LogP contribution in [0.15, 0.2) is 0 Å². The van der Waals surface area contributed by atoms with E-state index in [-0.39, 0.29) is 6.42 Å². The Balaban J connectivity index is 5.60. The molecule has 0 fully saturated rings. The maximum absolute atomic E-state index is 11.7. The molecule has 0 amide bonds. The van der Waals surface area contributed by atoms with Gasteiger partial charge in [0.15, 0.2) is 0 Å². The van der Waals surface area contributed by atoms with Crippen LogP contribution in [0.5, 0.6) is 0 Å². The van der Waals surface area contributed by atoms with E-state index in [0.29, 0.717) is 12.8 Å². The van der Waals surface area contributed by atoms with E-state index in [4.69, 9.17) is 0 Å². The van der Waals surface area contributed by atoms with Gasteiger partial charge in [0, 0.05) is 0 Å². The zero-order valence-corrected chi connectivity index (χ0v) is 15.1. The van der Waals surface area contributed by atoms with Gasteiger partial charge in [-0.25, -0.2) is 0 Å². The Morgan fingerprint density at radius 2 is 0.889 bits per heavy atom. The number of carboxylic acids is 5. The highest BCUT2D eigenvalue weighted by Crippen LogP contribution is 2.46. The van der Waals surface area contributed by atoms with E-state index >= 15 is 0 Å². The van der Waals surface area contributed by atoms with E-state index in [9.17, 15) is 49.5 Å². The largest absolute Gasteiger partial charge is 0.480 e. The highest BCUT2D eigenvalue weighted by Gasteiger charge is 2.76. The molecule has 0 radical (unpaired) electrons. The quantitative estimate of drug-likeness (QED) is 0.204. The molecule has 0 aliphatic rings. The van der Waals surface area contributed by atoms with Gasteiger partial charge in [0.25, 0.3) is 5.41 Å². The van der Waals surface area contributed by atoms with Crippen molar-refractivity contribution in [2.75, 3.05) is 0 Å². The summed E-state index contributed by atoms with van der Waals surface area (Å²) in [6.07, 6.45) is 4.74. The minimum atomic E-state index is -4.05. The Morgan fingerprint density at radius 1 is 0.556 bits per heavy atom. The normalized spacial score (nSPS) is 11.7. The SMILES string of the molecule is CCCCCCCCCCC(C(=O)O)(C(=O)O)C(C(=O)O)(C(=O)O)C(=O)O. The van der Waals surface area contributed by atoms with Gasteiger partial charge in [-0.1, -0.05) is 58.3 Å². The minimum Gasteiger partial charge on any atom is -0.480 e. The Morgan fingerprint density at radius 3 is 1.19 bits per heavy atom. The standard InChI is InChI=1S/C17H26O10/c1-2-3-4-5-6-7-8-9-10-16(11(18)19,12(20)21)17(13(22)23,14(24)25)15(26)27/h2-10H2,1H3,(H,18,19)(H,20,21)(H,22,23)(H,24,25)(H,26,27). The van der Waals surface area contributed by atoms with Crippen LogP contribution in [-0.4, -0.2) is 55.4 Å². The first-order valence-corrected chi connectivity index (χ1v) is 8.70. The highest BCUT2D eigenvalue weighted by molar-refractivity contribution is 6.24. The van der Waals surface area contributed by atoms with Gasteiger partial charge in [0.2, 0.25) is 5.41 Å². The van der Waals surface area contributed by atoms with E-state index in [1.165, 1.54) is 0 Å². The number of hydrogen-bond donors (Lipinski definition) is 5. The average Bonchev–Trinajstić information content (AvgIpc) is 2.54. The molecule has 0 aromatic rings. The van der Waals surface area contributed by atoms with Gasteiger partial charge in [0.1, 0.15) is 0 Å². The second-order valence-electron chi connectivity index (χ2n) is 6.41. The summed E-state index contributed by atoms with van der Waals surface area (Å²) in [5.41, 5.74) is -7.59. The van der Waals surface area contributed by atoms with Crippen LogP contribution in [-0.2, 0) is 24.0 Å². The van der Waals surface area contributed by atoms with Crippen LogP contribution < -0.4 is 0 Å². The van der Waals surface area contributed by atoms with Gasteiger partial charge in [0.05, 0.1) is 0 Å². The maximum atomic E-state index is 11.7. The summed E-state index contributed by atoms with van der Waals surface area (Å²) in [7, 11) is 0. The molecule has 27 heavy (non-hydrogen) atoms. The van der Waals surface area contributed by atoms with E-state index in [1.54, 1.807) is 0 Å². The van der Waals surface area contributed by atoms with Gasteiger partial charge < -0.3 is 25.5 Å². The zero-order valence-electron chi connectivity index (χ0n) is 15.1. The number of unbranched alkanes of at least 4 members (excludes halogenated alkanes) is 7. The van der Waals surface area contributed by atoms with Crippen LogP contribution >= 0.6 is 0 Å². The monoisotopic (exact) mass is 390 g/mol. The van der Waals surface area contributed by atoms with Crippen molar-refractivity contribution in [3.63, 3.8) is 0 Å². The lowest BCUT2D eigenvalue weighted by atomic mass is 9.60. The predicted molar refractivity (Wildman–Crippen MR) is 90.3 cm³/mol. The fourth-order valence-corrected chi connectivity index (χ4v) is 3.16. The Kier molecular flexibility index (Phi) is 9.46. The molecule has 0 saturated carbocycles. The first-order chi connectivity index (χ1) is 12.5. The van der Waals surface area contributed by atoms with Crippen LogP contribution in [0.4, 0.5) is 0 Å². The topological polar surface area (TPSA) is 186 Å². The fraction of sp³-hybridized carbons (Fsp3) is 0.706. The third-order valence-electron chi connectivity index (χ3n) is 4.74. The summed E-state index contributed by atoms with van der Waals surface area (Å²) in [6, 6.07) is 0. The molecular weight excluding hydrogens is 364 g/mol. The summed E-state index contributed by atoms with van der Waals surface area (Å²) in [5, 5.41) is 46.5. The molecule has 0 spiro atoms. The van der Waals surface area contributed by atoms with Gasteiger partial charge in [-0.2, -0.15) is 0 Å². The van der Waals surface area contributed by atoms with E-state index in [0.717, 1.165) is 32.1 Å². The lowest BCUT2D eigenvalue weighted by Crippen LogP contribution is -2.65. The van der Waals surface area contributed by atoms with Crippen molar-refractivity contribution in [3.8, 4) is 0 Å². The van der Waals surface area contributed by atoms with Crippen molar-refractivity contribution in [1.82, 2.24) is 0 Å². The Bertz CT molecular complexity index is 530. The molecule has 0 saturated heterocycles. The van der Waals surface area contributed by atoms with Gasteiger partial charge in [-0.05, 0) is 6.42 Å². The van der Waals surface area contributed by atoms with Crippen molar-refractivity contribution in [1.29, 1.82) is 0 Å². The minimum absolute atomic E-state index is 0.137. The average molecular weight is 390 g/mol. The number of carbonyl (C=O) groups is 5. The molecule has 154 valence electrons. The smallest absolute Gasteiger partial charge is 0.334 e. The second-order valence-corrected chi connectivity index (χ2v) is 6.41. The third kappa shape index (κ3) is 4.75. The van der Waals surface area contributed by atoms with E-state index in [1.807, 2.05) is 0 Å². The molecule has 0 aromatic heterocycles. The number of rotatable bonds is 15. The zero-order chi connectivity index (χ0) is 21.3. The molecule has 0 atom stereocenters. The van der Waals surface area contributed by atoms with Crippen molar-refractivity contribution >= 4 is 29.8 Å². The van der Waals surface area contributed by atoms with Gasteiger partial charge in [-0.15, -0.1) is 0 Å². The van der Waals surface area contributed by atoms with Crippen LogP contribution in [0.2, 0.25) is 0 Å². The number of hydrogen-bond acceptors (Lipinski definition) is 5. The Hall–Kier alpha value is -2.65. The highest BCUT2D eigenvalue weighted by atomic mass is 16.4. The molecule has 0 unspecified atom stereocenters. The van der Waals surface area contributed by atoms with Crippen molar-refractivity contribution < 1.29 is 49.5 Å². The lowest BCUT2D eigenvalue weighted by Gasteiger charge is -2.35. The molecule has 0 rings (SSSR count). The van der Waals surface area contributed by atoms with Crippen LogP contribution in [0.3, 0.4) is 0 Å². The van der Waals surface area contributed by atoms with Crippen LogP contribution in [0.1, 0.15) is 64.7 Å². The van der Waals surface area contributed by atoms with Crippen LogP contribution in [0, 0.1) is 10.8 Å². The molecule has 0 aliphatic heterocycles. The number of aliphatic carboxylic acids is 5.